The third-order valence-electron chi connectivity index (χ3n) is 13.4. The molecule has 0 aromatic rings. The van der Waals surface area contributed by atoms with Crippen LogP contribution in [0.5, 0.6) is 0 Å². The maximum atomic E-state index is 12.8. The van der Waals surface area contributed by atoms with Crippen molar-refractivity contribution in [2.75, 3.05) is 0 Å². The van der Waals surface area contributed by atoms with Crippen LogP contribution in [-0.2, 0) is 4.79 Å². The fraction of sp³-hybridized carbons (Fsp3) is 0.900. The van der Waals surface area contributed by atoms with Crippen molar-refractivity contribution < 1.29 is 15.0 Å². The Morgan fingerprint density at radius 2 is 1.61 bits per heavy atom. The van der Waals surface area contributed by atoms with Gasteiger partial charge in [-0.1, -0.05) is 60.1 Å². The third-order valence-corrected chi connectivity index (χ3v) is 13.4. The standard InChI is InChI=1S/C30H48O3/c1-18-10-15-30(25(32)33)17-16-28(6)20(24(30)19(18)2)8-9-22-27(5)13-12-23(31)26(3,4)21(27)11-14-29(22,28)7/h8,18-19,21-24,31H,9-17H2,1-7H3,(H,32,33)/t18-,19+,21+,22-,23?,24?,27+,28-,29-,30?/m1/s1. The summed E-state index contributed by atoms with van der Waals surface area (Å²) in [4.78, 5) is 12.8. The highest BCUT2D eigenvalue weighted by Gasteiger charge is 2.69. The van der Waals surface area contributed by atoms with Gasteiger partial charge in [0, 0.05) is 0 Å². The van der Waals surface area contributed by atoms with Gasteiger partial charge in [-0.2, -0.15) is 0 Å². The van der Waals surface area contributed by atoms with E-state index in [1.54, 1.807) is 0 Å². The molecule has 0 aromatic carbocycles. The lowest BCUT2D eigenvalue weighted by molar-refractivity contribution is -0.206. The largest absolute Gasteiger partial charge is 0.481 e. The number of allylic oxidation sites excluding steroid dienone is 2. The molecule has 3 unspecified atom stereocenters. The number of carboxylic acids is 1. The average molecular weight is 457 g/mol. The summed E-state index contributed by atoms with van der Waals surface area (Å²) in [5.74, 6) is 1.82. The average Bonchev–Trinajstić information content (AvgIpc) is 2.74. The van der Waals surface area contributed by atoms with Gasteiger partial charge in [-0.25, -0.2) is 0 Å². The van der Waals surface area contributed by atoms with Gasteiger partial charge in [0.25, 0.3) is 0 Å². The summed E-state index contributed by atoms with van der Waals surface area (Å²) in [5.41, 5.74) is 1.46. The highest BCUT2D eigenvalue weighted by Crippen LogP contribution is 2.75. The van der Waals surface area contributed by atoms with E-state index in [9.17, 15) is 15.0 Å². The molecule has 4 fully saturated rings. The predicted molar refractivity (Wildman–Crippen MR) is 133 cm³/mol. The molecule has 0 spiro atoms. The van der Waals surface area contributed by atoms with Crippen LogP contribution in [0.15, 0.2) is 11.6 Å². The minimum atomic E-state index is -0.557. The normalized spacial score (nSPS) is 55.3. The van der Waals surface area contributed by atoms with E-state index in [0.717, 1.165) is 44.9 Å². The van der Waals surface area contributed by atoms with E-state index in [0.29, 0.717) is 23.7 Å². The van der Waals surface area contributed by atoms with E-state index in [4.69, 9.17) is 0 Å². The molecule has 10 atom stereocenters. The van der Waals surface area contributed by atoms with Crippen LogP contribution in [0.3, 0.4) is 0 Å². The predicted octanol–water partition coefficient (Wildman–Crippen LogP) is 7.09. The first-order valence-corrected chi connectivity index (χ1v) is 13.9. The van der Waals surface area contributed by atoms with Gasteiger partial charge >= 0.3 is 5.97 Å². The number of aliphatic carboxylic acids is 1. The number of aliphatic hydroxyl groups excluding tert-OH is 1. The third kappa shape index (κ3) is 2.75. The molecule has 0 radical (unpaired) electrons. The molecule has 4 saturated carbocycles. The van der Waals surface area contributed by atoms with Crippen molar-refractivity contribution in [2.45, 2.75) is 112 Å². The molecule has 0 saturated heterocycles. The number of fused-ring (bicyclic) bond motifs is 7. The molecule has 3 nitrogen and oxygen atoms in total. The smallest absolute Gasteiger partial charge is 0.310 e. The maximum Gasteiger partial charge on any atom is 0.310 e. The number of rotatable bonds is 1. The lowest BCUT2D eigenvalue weighted by Gasteiger charge is -2.71. The summed E-state index contributed by atoms with van der Waals surface area (Å²) in [6.45, 7) is 17.0. The fourth-order valence-corrected chi connectivity index (χ4v) is 10.8. The van der Waals surface area contributed by atoms with Gasteiger partial charge < -0.3 is 10.2 Å². The molecular weight excluding hydrogens is 408 g/mol. The molecule has 0 aliphatic heterocycles. The van der Waals surface area contributed by atoms with Crippen LogP contribution in [0.2, 0.25) is 0 Å². The van der Waals surface area contributed by atoms with Crippen molar-refractivity contribution in [1.82, 2.24) is 0 Å². The quantitative estimate of drug-likeness (QED) is 0.414. The van der Waals surface area contributed by atoms with Gasteiger partial charge in [-0.15, -0.1) is 0 Å². The number of carboxylic acid groups (broad SMARTS) is 1. The zero-order valence-corrected chi connectivity index (χ0v) is 22.2. The Bertz CT molecular complexity index is 874. The Labute approximate surface area is 201 Å². The van der Waals surface area contributed by atoms with Crippen LogP contribution < -0.4 is 0 Å². The van der Waals surface area contributed by atoms with Gasteiger partial charge in [0.05, 0.1) is 11.5 Å². The second kappa shape index (κ2) is 7.11. The van der Waals surface area contributed by atoms with Crippen molar-refractivity contribution in [3.05, 3.63) is 11.6 Å². The first-order chi connectivity index (χ1) is 15.3. The summed E-state index contributed by atoms with van der Waals surface area (Å²) >= 11 is 0. The number of carbonyl (C=O) groups is 1. The van der Waals surface area contributed by atoms with Gasteiger partial charge in [-0.3, -0.25) is 4.79 Å². The van der Waals surface area contributed by atoms with Gasteiger partial charge in [-0.05, 0) is 109 Å². The molecule has 5 aliphatic carbocycles. The van der Waals surface area contributed by atoms with Crippen molar-refractivity contribution in [1.29, 1.82) is 0 Å². The molecule has 0 amide bonds. The molecule has 5 rings (SSSR count). The topological polar surface area (TPSA) is 57.5 Å². The van der Waals surface area contributed by atoms with Gasteiger partial charge in [0.1, 0.15) is 0 Å². The van der Waals surface area contributed by atoms with Crippen molar-refractivity contribution in [3.8, 4) is 0 Å². The van der Waals surface area contributed by atoms with E-state index in [-0.39, 0.29) is 33.7 Å². The molecule has 0 aromatic heterocycles. The Hall–Kier alpha value is -0.830. The van der Waals surface area contributed by atoms with E-state index >= 15 is 0 Å². The van der Waals surface area contributed by atoms with Crippen LogP contribution in [0.4, 0.5) is 0 Å². The van der Waals surface area contributed by atoms with Crippen molar-refractivity contribution in [2.24, 2.45) is 56.7 Å². The van der Waals surface area contributed by atoms with Gasteiger partial charge in [0.2, 0.25) is 0 Å². The summed E-state index contributed by atoms with van der Waals surface area (Å²) in [7, 11) is 0. The van der Waals surface area contributed by atoms with E-state index in [1.165, 1.54) is 18.4 Å². The Morgan fingerprint density at radius 1 is 0.909 bits per heavy atom. The minimum Gasteiger partial charge on any atom is -0.481 e. The second-order valence-corrected chi connectivity index (χ2v) is 14.5. The Kier molecular flexibility index (Phi) is 5.15. The lowest BCUT2D eigenvalue weighted by atomic mass is 9.33. The van der Waals surface area contributed by atoms with Crippen molar-refractivity contribution >= 4 is 5.97 Å². The highest BCUT2D eigenvalue weighted by molar-refractivity contribution is 5.76. The van der Waals surface area contributed by atoms with E-state index in [1.807, 2.05) is 0 Å². The number of aliphatic hydroxyl groups is 1. The molecule has 186 valence electrons. The van der Waals surface area contributed by atoms with Crippen molar-refractivity contribution in [3.63, 3.8) is 0 Å². The Balaban J connectivity index is 1.61. The molecule has 0 heterocycles. The minimum absolute atomic E-state index is 0.0302. The van der Waals surface area contributed by atoms with Crippen LogP contribution in [-0.4, -0.2) is 22.3 Å². The van der Waals surface area contributed by atoms with Crippen LogP contribution in [0, 0.1) is 56.7 Å². The molecule has 2 N–H and O–H groups in total. The molecule has 5 aliphatic rings. The summed E-state index contributed by atoms with van der Waals surface area (Å²) in [6.07, 6.45) is 11.6. The van der Waals surface area contributed by atoms with Crippen LogP contribution >= 0.6 is 0 Å². The first kappa shape index (κ1) is 23.9. The van der Waals surface area contributed by atoms with Gasteiger partial charge in [0.15, 0.2) is 0 Å². The van der Waals surface area contributed by atoms with Crippen LogP contribution in [0.1, 0.15) is 106 Å². The fourth-order valence-electron chi connectivity index (χ4n) is 10.8. The molecule has 3 heteroatoms. The van der Waals surface area contributed by atoms with E-state index in [2.05, 4.69) is 54.5 Å². The molecule has 0 bridgehead atoms. The number of hydrogen-bond donors (Lipinski definition) is 2. The molecular formula is C30H48O3. The second-order valence-electron chi connectivity index (χ2n) is 14.5. The summed E-state index contributed by atoms with van der Waals surface area (Å²) < 4.78 is 0. The zero-order chi connectivity index (χ0) is 24.2. The number of hydrogen-bond acceptors (Lipinski definition) is 2. The van der Waals surface area contributed by atoms with Crippen LogP contribution in [0.25, 0.3) is 0 Å². The summed E-state index contributed by atoms with van der Waals surface area (Å²) in [6, 6.07) is 0. The first-order valence-electron chi connectivity index (χ1n) is 13.9. The highest BCUT2D eigenvalue weighted by atomic mass is 16.4. The lowest BCUT2D eigenvalue weighted by Crippen LogP contribution is -2.65. The SMILES string of the molecule is C[C@@H]1CCC2(C(=O)O)CC[C@]3(C)C(=CC[C@@H]4[C@@]5(C)CCC(O)C(C)(C)[C@@H]5CC[C@]43C)C2[C@H]1C. The summed E-state index contributed by atoms with van der Waals surface area (Å²) in [5, 5.41) is 21.4. The maximum absolute atomic E-state index is 12.8. The monoisotopic (exact) mass is 456 g/mol. The van der Waals surface area contributed by atoms with E-state index < -0.39 is 11.4 Å². The Morgan fingerprint density at radius 3 is 2.27 bits per heavy atom. The zero-order valence-electron chi connectivity index (χ0n) is 22.2. The molecule has 33 heavy (non-hydrogen) atoms.